The van der Waals surface area contributed by atoms with Gasteiger partial charge in [0.15, 0.2) is 0 Å². The molecule has 0 saturated heterocycles. The van der Waals surface area contributed by atoms with Gasteiger partial charge in [-0.05, 0) is 0 Å². The van der Waals surface area contributed by atoms with Gasteiger partial charge in [-0.25, -0.2) is 0 Å². The number of nitrogens with one attached hydrogen (secondary N) is 1. The Balaban J connectivity index is 3.32. The zero-order valence-corrected chi connectivity index (χ0v) is 4.39. The quantitative estimate of drug-likeness (QED) is 0.408. The van der Waals surface area contributed by atoms with E-state index in [9.17, 15) is 9.59 Å². The summed E-state index contributed by atoms with van der Waals surface area (Å²) in [5.74, 6) is -0.324. The highest BCUT2D eigenvalue weighted by Crippen LogP contribution is 1.75. The lowest BCUT2D eigenvalue weighted by molar-refractivity contribution is -0.124. The molecule has 0 bridgehead atoms. The van der Waals surface area contributed by atoms with Crippen LogP contribution in [0, 0.1) is 0 Å². The number of imide groups is 1. The molecule has 0 atom stereocenters. The van der Waals surface area contributed by atoms with E-state index < -0.39 is 0 Å². The highest BCUT2D eigenvalue weighted by Gasteiger charge is 1.90. The standard InChI is InChI=1S/C5H7NO2/c1-2-3-5(8)6-4-7/h2,4H,1,3H2,(H,6,7,8). The van der Waals surface area contributed by atoms with Crippen molar-refractivity contribution in [2.75, 3.05) is 0 Å². The van der Waals surface area contributed by atoms with Crippen molar-refractivity contribution in [3.05, 3.63) is 12.7 Å². The van der Waals surface area contributed by atoms with Crippen LogP contribution >= 0.6 is 0 Å². The molecule has 1 N–H and O–H groups in total. The molecular formula is C5H7NO2. The first-order valence-electron chi connectivity index (χ1n) is 2.15. The molecule has 0 fully saturated rings. The van der Waals surface area contributed by atoms with Crippen molar-refractivity contribution in [3.63, 3.8) is 0 Å². The Kier molecular flexibility index (Phi) is 3.48. The van der Waals surface area contributed by atoms with Crippen LogP contribution in [0.4, 0.5) is 0 Å². The normalized spacial score (nSPS) is 7.50. The molecule has 0 rings (SSSR count). The first-order chi connectivity index (χ1) is 3.81. The summed E-state index contributed by atoms with van der Waals surface area (Å²) in [5, 5.41) is 1.96. The third kappa shape index (κ3) is 3.08. The minimum Gasteiger partial charge on any atom is -0.299 e. The fourth-order valence-electron chi connectivity index (χ4n) is 0.256. The maximum absolute atomic E-state index is 10.2. The monoisotopic (exact) mass is 113 g/mol. The number of hydrogen-bond acceptors (Lipinski definition) is 2. The van der Waals surface area contributed by atoms with Crippen molar-refractivity contribution in [3.8, 4) is 0 Å². The number of amides is 2. The SMILES string of the molecule is C=CCC(=O)NC=O. The van der Waals surface area contributed by atoms with Crippen LogP contribution in [0.1, 0.15) is 6.42 Å². The van der Waals surface area contributed by atoms with Crippen molar-refractivity contribution >= 4 is 12.3 Å². The molecule has 0 aromatic carbocycles. The first kappa shape index (κ1) is 6.88. The molecule has 0 aliphatic heterocycles. The van der Waals surface area contributed by atoms with Crippen LogP contribution in [0.25, 0.3) is 0 Å². The highest BCUT2D eigenvalue weighted by molar-refractivity contribution is 5.86. The first-order valence-corrected chi connectivity index (χ1v) is 2.15. The molecule has 0 saturated carbocycles. The van der Waals surface area contributed by atoms with Gasteiger partial charge in [-0.2, -0.15) is 0 Å². The second-order valence-electron chi connectivity index (χ2n) is 1.18. The van der Waals surface area contributed by atoms with E-state index in [-0.39, 0.29) is 12.3 Å². The van der Waals surface area contributed by atoms with E-state index in [1.807, 2.05) is 5.32 Å². The average molecular weight is 113 g/mol. The molecule has 8 heavy (non-hydrogen) atoms. The van der Waals surface area contributed by atoms with Gasteiger partial charge in [0, 0.05) is 6.42 Å². The van der Waals surface area contributed by atoms with E-state index in [1.165, 1.54) is 6.08 Å². The lowest BCUT2D eigenvalue weighted by atomic mass is 10.4. The van der Waals surface area contributed by atoms with Crippen molar-refractivity contribution in [2.24, 2.45) is 0 Å². The molecule has 0 aliphatic carbocycles. The predicted octanol–water partition coefficient (Wildman–Crippen LogP) is -0.165. The molecule has 0 aliphatic rings. The minimum atomic E-state index is -0.324. The van der Waals surface area contributed by atoms with Gasteiger partial charge in [0.2, 0.25) is 12.3 Å². The molecule has 0 heterocycles. The second-order valence-corrected chi connectivity index (χ2v) is 1.18. The van der Waals surface area contributed by atoms with Gasteiger partial charge in [-0.15, -0.1) is 6.58 Å². The number of hydrogen-bond donors (Lipinski definition) is 1. The number of rotatable bonds is 3. The fraction of sp³-hybridized carbons (Fsp3) is 0.200. The van der Waals surface area contributed by atoms with E-state index >= 15 is 0 Å². The molecule has 2 amide bonds. The van der Waals surface area contributed by atoms with Gasteiger partial charge in [0.1, 0.15) is 0 Å². The van der Waals surface area contributed by atoms with Crippen LogP contribution in [0.3, 0.4) is 0 Å². The summed E-state index contributed by atoms with van der Waals surface area (Å²) in [6.07, 6.45) is 1.98. The Labute approximate surface area is 47.4 Å². The number of carbonyl (C=O) groups is 2. The van der Waals surface area contributed by atoms with Crippen molar-refractivity contribution in [1.82, 2.24) is 5.32 Å². The number of carbonyl (C=O) groups excluding carboxylic acids is 2. The molecule has 3 heteroatoms. The van der Waals surface area contributed by atoms with Crippen molar-refractivity contribution < 1.29 is 9.59 Å². The van der Waals surface area contributed by atoms with Crippen molar-refractivity contribution in [1.29, 1.82) is 0 Å². The van der Waals surface area contributed by atoms with E-state index in [1.54, 1.807) is 0 Å². The molecular weight excluding hydrogens is 106 g/mol. The lowest BCUT2D eigenvalue weighted by Gasteiger charge is -1.87. The topological polar surface area (TPSA) is 46.2 Å². The fourth-order valence-corrected chi connectivity index (χ4v) is 0.256. The van der Waals surface area contributed by atoms with Crippen LogP contribution in [0.2, 0.25) is 0 Å². The summed E-state index contributed by atoms with van der Waals surface area (Å²) >= 11 is 0. The van der Waals surface area contributed by atoms with E-state index in [4.69, 9.17) is 0 Å². The third-order valence-electron chi connectivity index (χ3n) is 0.550. The molecule has 0 unspecified atom stereocenters. The largest absolute Gasteiger partial charge is 0.299 e. The van der Waals surface area contributed by atoms with Crippen LogP contribution < -0.4 is 5.32 Å². The molecule has 44 valence electrons. The van der Waals surface area contributed by atoms with Gasteiger partial charge < -0.3 is 0 Å². The van der Waals surface area contributed by atoms with Gasteiger partial charge in [0.25, 0.3) is 0 Å². The maximum Gasteiger partial charge on any atom is 0.230 e. The summed E-state index contributed by atoms with van der Waals surface area (Å²) in [5.41, 5.74) is 0. The van der Waals surface area contributed by atoms with Gasteiger partial charge in [-0.3, -0.25) is 14.9 Å². The van der Waals surface area contributed by atoms with Crippen LogP contribution in [-0.2, 0) is 9.59 Å². The lowest BCUT2D eigenvalue weighted by Crippen LogP contribution is -2.19. The maximum atomic E-state index is 10.2. The zero-order chi connectivity index (χ0) is 6.41. The molecule has 0 aromatic rings. The van der Waals surface area contributed by atoms with Crippen molar-refractivity contribution in [2.45, 2.75) is 6.42 Å². The smallest absolute Gasteiger partial charge is 0.230 e. The van der Waals surface area contributed by atoms with Crippen LogP contribution in [0.15, 0.2) is 12.7 Å². The molecule has 0 radical (unpaired) electrons. The summed E-state index contributed by atoms with van der Waals surface area (Å²) in [4.78, 5) is 19.8. The molecule has 0 aromatic heterocycles. The molecule has 0 spiro atoms. The Bertz CT molecular complexity index is 97.0. The summed E-state index contributed by atoms with van der Waals surface area (Å²) in [6, 6.07) is 0. The second kappa shape index (κ2) is 4.05. The third-order valence-corrected chi connectivity index (χ3v) is 0.550. The van der Waals surface area contributed by atoms with Gasteiger partial charge in [0.05, 0.1) is 0 Å². The van der Waals surface area contributed by atoms with Crippen LogP contribution in [-0.4, -0.2) is 12.3 Å². The summed E-state index contributed by atoms with van der Waals surface area (Å²) < 4.78 is 0. The highest BCUT2D eigenvalue weighted by atomic mass is 16.2. The van der Waals surface area contributed by atoms with Gasteiger partial charge in [-0.1, -0.05) is 6.08 Å². The molecule has 3 nitrogen and oxygen atoms in total. The summed E-state index contributed by atoms with van der Waals surface area (Å²) in [6.45, 7) is 3.31. The Morgan fingerprint density at radius 1 is 1.75 bits per heavy atom. The Morgan fingerprint density at radius 3 is 2.75 bits per heavy atom. The average Bonchev–Trinajstić information content (AvgIpc) is 1.68. The van der Waals surface area contributed by atoms with Crippen LogP contribution in [0.5, 0.6) is 0 Å². The van der Waals surface area contributed by atoms with E-state index in [0.717, 1.165) is 0 Å². The summed E-state index contributed by atoms with van der Waals surface area (Å²) in [7, 11) is 0. The minimum absolute atomic E-state index is 0.193. The van der Waals surface area contributed by atoms with E-state index in [0.29, 0.717) is 6.41 Å². The zero-order valence-electron chi connectivity index (χ0n) is 4.39. The Morgan fingerprint density at radius 2 is 2.38 bits per heavy atom. The van der Waals surface area contributed by atoms with Gasteiger partial charge >= 0.3 is 0 Å². The Hall–Kier alpha value is -1.12. The van der Waals surface area contributed by atoms with E-state index in [2.05, 4.69) is 6.58 Å². The predicted molar refractivity (Wildman–Crippen MR) is 29.0 cm³/mol.